The van der Waals surface area contributed by atoms with Crippen LogP contribution in [0.5, 0.6) is 0 Å². The highest BCUT2D eigenvalue weighted by Crippen LogP contribution is 2.16. The molecular formula is C6H10N2S. The molecule has 1 N–H and O–H groups in total. The van der Waals surface area contributed by atoms with E-state index in [-0.39, 0.29) is 0 Å². The Balaban J connectivity index is 2.17. The first-order valence-corrected chi connectivity index (χ1v) is 4.31. The van der Waals surface area contributed by atoms with Crippen molar-refractivity contribution >= 4 is 11.8 Å². The minimum Gasteiger partial charge on any atom is -0.320 e. The van der Waals surface area contributed by atoms with Gasteiger partial charge in [0.1, 0.15) is 0 Å². The molecule has 1 unspecified atom stereocenters. The molecule has 0 bridgehead atoms. The first-order valence-electron chi connectivity index (χ1n) is 3.16. The van der Waals surface area contributed by atoms with Crippen molar-refractivity contribution in [2.45, 2.75) is 18.9 Å². The van der Waals surface area contributed by atoms with Gasteiger partial charge in [0.05, 0.1) is 0 Å². The van der Waals surface area contributed by atoms with Gasteiger partial charge in [-0.1, -0.05) is 0 Å². The lowest BCUT2D eigenvalue weighted by molar-refractivity contribution is 0.583. The number of nitrogens with one attached hydrogen (secondary N) is 1. The van der Waals surface area contributed by atoms with Crippen molar-refractivity contribution in [3.63, 3.8) is 0 Å². The van der Waals surface area contributed by atoms with Crippen LogP contribution in [0, 0.1) is 11.5 Å². The van der Waals surface area contributed by atoms with E-state index in [0.717, 1.165) is 5.75 Å². The average molecular weight is 142 g/mol. The second kappa shape index (κ2) is 3.62. The molecule has 2 nitrogen and oxygen atoms in total. The standard InChI is InChI=1S/C6H10N2S/c7-5-8-6-2-1-3-9-4-6/h6,8H,1-4H2. The number of rotatable bonds is 1. The van der Waals surface area contributed by atoms with Crippen LogP contribution in [0.1, 0.15) is 12.8 Å². The summed E-state index contributed by atoms with van der Waals surface area (Å²) < 4.78 is 0. The van der Waals surface area contributed by atoms with E-state index in [2.05, 4.69) is 5.32 Å². The quantitative estimate of drug-likeness (QED) is 0.437. The lowest BCUT2D eigenvalue weighted by Crippen LogP contribution is -2.29. The van der Waals surface area contributed by atoms with Crippen molar-refractivity contribution in [2.75, 3.05) is 11.5 Å². The third-order valence-electron chi connectivity index (χ3n) is 1.43. The number of hydrogen-bond donors (Lipinski definition) is 1. The minimum absolute atomic E-state index is 0.453. The summed E-state index contributed by atoms with van der Waals surface area (Å²) in [5, 5.41) is 11.0. The molecule has 0 aromatic heterocycles. The van der Waals surface area contributed by atoms with Gasteiger partial charge in [0, 0.05) is 11.8 Å². The molecular weight excluding hydrogens is 132 g/mol. The number of hydrogen-bond acceptors (Lipinski definition) is 3. The van der Waals surface area contributed by atoms with E-state index in [1.54, 1.807) is 0 Å². The van der Waals surface area contributed by atoms with E-state index in [0.29, 0.717) is 6.04 Å². The second-order valence-corrected chi connectivity index (χ2v) is 3.32. The van der Waals surface area contributed by atoms with Crippen molar-refractivity contribution in [3.05, 3.63) is 0 Å². The van der Waals surface area contributed by atoms with Crippen LogP contribution >= 0.6 is 11.8 Å². The molecule has 50 valence electrons. The monoisotopic (exact) mass is 142 g/mol. The Kier molecular flexibility index (Phi) is 2.72. The number of thioether (sulfide) groups is 1. The molecule has 0 spiro atoms. The molecule has 0 radical (unpaired) electrons. The number of nitriles is 1. The van der Waals surface area contributed by atoms with E-state index in [4.69, 9.17) is 5.26 Å². The van der Waals surface area contributed by atoms with Crippen LogP contribution in [0.25, 0.3) is 0 Å². The fourth-order valence-electron chi connectivity index (χ4n) is 0.946. The molecule has 1 saturated heterocycles. The summed E-state index contributed by atoms with van der Waals surface area (Å²) in [6.07, 6.45) is 4.40. The SMILES string of the molecule is N#CNC1CCCSC1. The molecule has 9 heavy (non-hydrogen) atoms. The maximum absolute atomic E-state index is 8.25. The van der Waals surface area contributed by atoms with Crippen molar-refractivity contribution in [1.29, 1.82) is 5.26 Å². The normalized spacial score (nSPS) is 26.8. The average Bonchev–Trinajstić information content (AvgIpc) is 1.91. The van der Waals surface area contributed by atoms with Crippen LogP contribution in [0.2, 0.25) is 0 Å². The van der Waals surface area contributed by atoms with Crippen LogP contribution < -0.4 is 5.32 Å². The lowest BCUT2D eigenvalue weighted by Gasteiger charge is -2.18. The van der Waals surface area contributed by atoms with Gasteiger partial charge in [-0.15, -0.1) is 0 Å². The zero-order valence-electron chi connectivity index (χ0n) is 5.26. The summed E-state index contributed by atoms with van der Waals surface area (Å²) in [5.41, 5.74) is 0. The second-order valence-electron chi connectivity index (χ2n) is 2.17. The summed E-state index contributed by atoms with van der Waals surface area (Å²) in [4.78, 5) is 0. The van der Waals surface area contributed by atoms with Gasteiger partial charge in [-0.25, -0.2) is 0 Å². The molecule has 3 heteroatoms. The largest absolute Gasteiger partial charge is 0.320 e. The van der Waals surface area contributed by atoms with E-state index < -0.39 is 0 Å². The highest BCUT2D eigenvalue weighted by molar-refractivity contribution is 7.99. The van der Waals surface area contributed by atoms with Gasteiger partial charge >= 0.3 is 0 Å². The summed E-state index contributed by atoms with van der Waals surface area (Å²) in [7, 11) is 0. The predicted molar refractivity (Wildman–Crippen MR) is 39.1 cm³/mol. The molecule has 0 saturated carbocycles. The molecule has 1 aliphatic rings. The zero-order chi connectivity index (χ0) is 6.53. The maximum atomic E-state index is 8.25. The Morgan fingerprint density at radius 3 is 3.11 bits per heavy atom. The third kappa shape index (κ3) is 2.15. The molecule has 1 heterocycles. The fraction of sp³-hybridized carbons (Fsp3) is 0.833. The molecule has 0 aliphatic carbocycles. The summed E-state index contributed by atoms with van der Waals surface area (Å²) in [5.74, 6) is 2.37. The van der Waals surface area contributed by atoms with Crippen LogP contribution in [0.4, 0.5) is 0 Å². The fourth-order valence-corrected chi connectivity index (χ4v) is 2.02. The highest BCUT2D eigenvalue weighted by Gasteiger charge is 2.11. The molecule has 1 fully saturated rings. The smallest absolute Gasteiger partial charge is 0.176 e. The Morgan fingerprint density at radius 2 is 2.56 bits per heavy atom. The first kappa shape index (κ1) is 6.76. The van der Waals surface area contributed by atoms with E-state index in [1.807, 2.05) is 18.0 Å². The van der Waals surface area contributed by atoms with Crippen molar-refractivity contribution in [1.82, 2.24) is 5.32 Å². The third-order valence-corrected chi connectivity index (χ3v) is 2.64. The van der Waals surface area contributed by atoms with Crippen LogP contribution in [0.15, 0.2) is 0 Å². The first-order chi connectivity index (χ1) is 4.43. The van der Waals surface area contributed by atoms with Gasteiger partial charge in [0.15, 0.2) is 6.19 Å². The van der Waals surface area contributed by atoms with Gasteiger partial charge in [0.25, 0.3) is 0 Å². The van der Waals surface area contributed by atoms with E-state index in [9.17, 15) is 0 Å². The molecule has 0 aromatic rings. The summed E-state index contributed by atoms with van der Waals surface area (Å²) in [6.45, 7) is 0. The Hall–Kier alpha value is -0.360. The lowest BCUT2D eigenvalue weighted by atomic mass is 10.2. The van der Waals surface area contributed by atoms with Crippen molar-refractivity contribution in [2.24, 2.45) is 0 Å². The van der Waals surface area contributed by atoms with E-state index in [1.165, 1.54) is 18.6 Å². The highest BCUT2D eigenvalue weighted by atomic mass is 32.2. The minimum atomic E-state index is 0.453. The molecule has 1 atom stereocenters. The van der Waals surface area contributed by atoms with Gasteiger partial charge < -0.3 is 5.32 Å². The van der Waals surface area contributed by atoms with Gasteiger partial charge in [-0.2, -0.15) is 17.0 Å². The van der Waals surface area contributed by atoms with Gasteiger partial charge in [-0.05, 0) is 18.6 Å². The molecule has 1 aliphatic heterocycles. The van der Waals surface area contributed by atoms with Crippen molar-refractivity contribution in [3.8, 4) is 6.19 Å². The topological polar surface area (TPSA) is 35.8 Å². The zero-order valence-corrected chi connectivity index (χ0v) is 6.08. The molecule has 0 aromatic carbocycles. The summed E-state index contributed by atoms with van der Waals surface area (Å²) >= 11 is 1.93. The number of nitrogens with zero attached hydrogens (tertiary/aromatic N) is 1. The molecule has 1 rings (SSSR count). The summed E-state index contributed by atoms with van der Waals surface area (Å²) in [6, 6.07) is 0.453. The van der Waals surface area contributed by atoms with Crippen LogP contribution in [0.3, 0.4) is 0 Å². The van der Waals surface area contributed by atoms with Crippen LogP contribution in [-0.2, 0) is 0 Å². The van der Waals surface area contributed by atoms with Gasteiger partial charge in [0.2, 0.25) is 0 Å². The predicted octanol–water partition coefficient (Wildman–Crippen LogP) is 0.953. The van der Waals surface area contributed by atoms with E-state index >= 15 is 0 Å². The van der Waals surface area contributed by atoms with Gasteiger partial charge in [-0.3, -0.25) is 0 Å². The Labute approximate surface area is 59.6 Å². The Morgan fingerprint density at radius 1 is 1.67 bits per heavy atom. The Bertz CT molecular complexity index is 113. The van der Waals surface area contributed by atoms with Crippen LogP contribution in [-0.4, -0.2) is 17.5 Å². The molecule has 0 amide bonds. The van der Waals surface area contributed by atoms with Crippen molar-refractivity contribution < 1.29 is 0 Å². The maximum Gasteiger partial charge on any atom is 0.176 e.